The van der Waals surface area contributed by atoms with Crippen LogP contribution in [0.2, 0.25) is 0 Å². The second-order valence-corrected chi connectivity index (χ2v) is 5.50. The zero-order valence-electron chi connectivity index (χ0n) is 11.7. The first kappa shape index (κ1) is 13.3. The summed E-state index contributed by atoms with van der Waals surface area (Å²) in [5.74, 6) is 0. The van der Waals surface area contributed by atoms with Crippen LogP contribution in [-0.2, 0) is 18.4 Å². The first-order valence-electron chi connectivity index (χ1n) is 7.25. The monoisotopic (exact) mass is 268 g/mol. The highest BCUT2D eigenvalue weighted by atomic mass is 16.3. The molecule has 2 heteroatoms. The summed E-state index contributed by atoms with van der Waals surface area (Å²) in [6.07, 6.45) is 1.50. The summed E-state index contributed by atoms with van der Waals surface area (Å²) < 4.78 is 0. The van der Waals surface area contributed by atoms with Gasteiger partial charge < -0.3 is 10.2 Å². The number of benzene rings is 2. The highest BCUT2D eigenvalue weighted by Gasteiger charge is 2.42. The predicted octanol–water partition coefficient (Wildman–Crippen LogP) is 2.79. The number of aryl methyl sites for hydroxylation is 2. The van der Waals surface area contributed by atoms with E-state index in [1.165, 1.54) is 0 Å². The van der Waals surface area contributed by atoms with Crippen LogP contribution in [-0.4, -0.2) is 16.3 Å². The summed E-state index contributed by atoms with van der Waals surface area (Å²) in [4.78, 5) is 0. The van der Waals surface area contributed by atoms with Crippen molar-refractivity contribution in [1.82, 2.24) is 0 Å². The Morgan fingerprint density at radius 3 is 1.85 bits per heavy atom. The van der Waals surface area contributed by atoms with Crippen molar-refractivity contribution in [3.8, 4) is 0 Å². The summed E-state index contributed by atoms with van der Waals surface area (Å²) in [7, 11) is 0. The molecule has 1 atom stereocenters. The highest BCUT2D eigenvalue weighted by molar-refractivity contribution is 5.48. The molecule has 2 aromatic carbocycles. The molecular weight excluding hydrogens is 248 g/mol. The lowest BCUT2D eigenvalue weighted by atomic mass is 9.78. The second kappa shape index (κ2) is 5.04. The van der Waals surface area contributed by atoms with E-state index < -0.39 is 11.7 Å². The first-order valence-corrected chi connectivity index (χ1v) is 7.25. The van der Waals surface area contributed by atoms with Crippen molar-refractivity contribution in [3.05, 3.63) is 70.8 Å². The molecule has 0 amide bonds. The van der Waals surface area contributed by atoms with Crippen LogP contribution in [0.15, 0.2) is 48.5 Å². The fourth-order valence-corrected chi connectivity index (χ4v) is 3.29. The number of aliphatic hydroxyl groups excluding tert-OH is 1. The molecule has 1 unspecified atom stereocenters. The topological polar surface area (TPSA) is 40.5 Å². The summed E-state index contributed by atoms with van der Waals surface area (Å²) >= 11 is 0. The molecule has 0 fully saturated rings. The standard InChI is InChI=1S/C18H20O2/c1-2-17(19)18(20)15-9-5-3-7-13(15)11-12-14-8-4-6-10-16(14)18/h3-10,17,19-20H,2,11-12H2,1H3. The van der Waals surface area contributed by atoms with Gasteiger partial charge in [-0.3, -0.25) is 0 Å². The maximum atomic E-state index is 11.4. The van der Waals surface area contributed by atoms with E-state index in [1.807, 2.05) is 43.3 Å². The molecule has 2 aromatic rings. The van der Waals surface area contributed by atoms with Crippen LogP contribution in [0.1, 0.15) is 35.6 Å². The first-order chi connectivity index (χ1) is 9.67. The van der Waals surface area contributed by atoms with Gasteiger partial charge in [0.1, 0.15) is 5.60 Å². The van der Waals surface area contributed by atoms with Crippen molar-refractivity contribution in [2.24, 2.45) is 0 Å². The zero-order valence-corrected chi connectivity index (χ0v) is 11.7. The normalized spacial score (nSPS) is 17.8. The van der Waals surface area contributed by atoms with Crippen LogP contribution in [0.3, 0.4) is 0 Å². The second-order valence-electron chi connectivity index (χ2n) is 5.50. The van der Waals surface area contributed by atoms with Crippen LogP contribution < -0.4 is 0 Å². The average Bonchev–Trinajstić information content (AvgIpc) is 2.64. The quantitative estimate of drug-likeness (QED) is 0.879. The maximum absolute atomic E-state index is 11.4. The molecule has 2 nitrogen and oxygen atoms in total. The number of hydrogen-bond acceptors (Lipinski definition) is 2. The SMILES string of the molecule is CCC(O)C1(O)c2ccccc2CCc2ccccc21. The van der Waals surface area contributed by atoms with Gasteiger partial charge in [0.25, 0.3) is 0 Å². The lowest BCUT2D eigenvalue weighted by Crippen LogP contribution is -2.41. The molecular formula is C18H20O2. The molecule has 0 aliphatic heterocycles. The highest BCUT2D eigenvalue weighted by Crippen LogP contribution is 2.40. The van der Waals surface area contributed by atoms with Gasteiger partial charge in [0.2, 0.25) is 0 Å². The summed E-state index contributed by atoms with van der Waals surface area (Å²) in [6.45, 7) is 1.90. The van der Waals surface area contributed by atoms with Crippen molar-refractivity contribution < 1.29 is 10.2 Å². The van der Waals surface area contributed by atoms with Gasteiger partial charge in [-0.25, -0.2) is 0 Å². The number of hydrogen-bond donors (Lipinski definition) is 2. The Hall–Kier alpha value is -1.64. The van der Waals surface area contributed by atoms with E-state index in [9.17, 15) is 10.2 Å². The van der Waals surface area contributed by atoms with Crippen molar-refractivity contribution in [3.63, 3.8) is 0 Å². The third-order valence-corrected chi connectivity index (χ3v) is 4.39. The van der Waals surface area contributed by atoms with E-state index in [0.717, 1.165) is 35.1 Å². The Balaban J connectivity index is 2.30. The number of aliphatic hydroxyl groups is 2. The molecule has 0 aromatic heterocycles. The largest absolute Gasteiger partial charge is 0.389 e. The van der Waals surface area contributed by atoms with E-state index in [-0.39, 0.29) is 0 Å². The molecule has 0 spiro atoms. The summed E-state index contributed by atoms with van der Waals surface area (Å²) in [5.41, 5.74) is 2.63. The van der Waals surface area contributed by atoms with Crippen LogP contribution in [0, 0.1) is 0 Å². The Morgan fingerprint density at radius 1 is 0.950 bits per heavy atom. The Morgan fingerprint density at radius 2 is 1.40 bits per heavy atom. The molecule has 20 heavy (non-hydrogen) atoms. The van der Waals surface area contributed by atoms with Gasteiger partial charge in [-0.2, -0.15) is 0 Å². The van der Waals surface area contributed by atoms with Gasteiger partial charge in [-0.05, 0) is 41.5 Å². The van der Waals surface area contributed by atoms with Gasteiger partial charge in [0.15, 0.2) is 0 Å². The van der Waals surface area contributed by atoms with Crippen LogP contribution in [0.5, 0.6) is 0 Å². The van der Waals surface area contributed by atoms with Crippen molar-refractivity contribution in [2.75, 3.05) is 0 Å². The minimum absolute atomic E-state index is 0.513. The van der Waals surface area contributed by atoms with E-state index in [2.05, 4.69) is 12.1 Å². The lowest BCUT2D eigenvalue weighted by molar-refractivity contribution is -0.0512. The molecule has 0 saturated heterocycles. The van der Waals surface area contributed by atoms with E-state index >= 15 is 0 Å². The van der Waals surface area contributed by atoms with E-state index in [4.69, 9.17) is 0 Å². The minimum Gasteiger partial charge on any atom is -0.389 e. The molecule has 2 N–H and O–H groups in total. The van der Waals surface area contributed by atoms with Crippen molar-refractivity contribution in [1.29, 1.82) is 0 Å². The molecule has 1 aliphatic carbocycles. The Kier molecular flexibility index (Phi) is 3.36. The smallest absolute Gasteiger partial charge is 0.141 e. The Bertz CT molecular complexity index is 571. The molecule has 104 valence electrons. The molecule has 0 saturated carbocycles. The maximum Gasteiger partial charge on any atom is 0.141 e. The van der Waals surface area contributed by atoms with Gasteiger partial charge in [0, 0.05) is 0 Å². The van der Waals surface area contributed by atoms with Gasteiger partial charge in [0.05, 0.1) is 6.10 Å². The number of fused-ring (bicyclic) bond motifs is 2. The van der Waals surface area contributed by atoms with Gasteiger partial charge >= 0.3 is 0 Å². The zero-order chi connectivity index (χ0) is 14.2. The number of rotatable bonds is 2. The minimum atomic E-state index is -1.31. The van der Waals surface area contributed by atoms with Gasteiger partial charge in [-0.1, -0.05) is 55.5 Å². The van der Waals surface area contributed by atoms with Crippen molar-refractivity contribution in [2.45, 2.75) is 37.9 Å². The third-order valence-electron chi connectivity index (χ3n) is 4.39. The fourth-order valence-electron chi connectivity index (χ4n) is 3.29. The van der Waals surface area contributed by atoms with Gasteiger partial charge in [-0.15, -0.1) is 0 Å². The summed E-state index contributed by atoms with van der Waals surface area (Å²) in [6, 6.07) is 15.8. The molecule has 3 rings (SSSR count). The van der Waals surface area contributed by atoms with Crippen LogP contribution >= 0.6 is 0 Å². The lowest BCUT2D eigenvalue weighted by Gasteiger charge is -2.35. The van der Waals surface area contributed by atoms with Crippen LogP contribution in [0.4, 0.5) is 0 Å². The Labute approximate surface area is 119 Å². The molecule has 0 heterocycles. The van der Waals surface area contributed by atoms with Crippen LogP contribution in [0.25, 0.3) is 0 Å². The van der Waals surface area contributed by atoms with E-state index in [1.54, 1.807) is 0 Å². The summed E-state index contributed by atoms with van der Waals surface area (Å²) in [5, 5.41) is 21.9. The van der Waals surface area contributed by atoms with E-state index in [0.29, 0.717) is 6.42 Å². The molecule has 0 radical (unpaired) electrons. The average molecular weight is 268 g/mol. The molecule has 1 aliphatic rings. The third kappa shape index (κ3) is 1.88. The van der Waals surface area contributed by atoms with Crippen molar-refractivity contribution >= 4 is 0 Å². The predicted molar refractivity (Wildman–Crippen MR) is 79.6 cm³/mol. The fraction of sp³-hybridized carbons (Fsp3) is 0.333. The molecule has 0 bridgehead atoms.